The molecule has 0 radical (unpaired) electrons. The molecular formula is C16H11F3N2O3. The van der Waals surface area contributed by atoms with Crippen LogP contribution in [-0.4, -0.2) is 23.4 Å². The van der Waals surface area contributed by atoms with Gasteiger partial charge in [0, 0.05) is 6.07 Å². The number of nitrogens with one attached hydrogen (secondary N) is 1. The molecule has 0 amide bonds. The second kappa shape index (κ2) is 5.88. The fraction of sp³-hybridized carbons (Fsp3) is 0.125. The second-order valence-electron chi connectivity index (χ2n) is 4.84. The predicted octanol–water partition coefficient (Wildman–Crippen LogP) is 3.50. The molecule has 0 atom stereocenters. The van der Waals surface area contributed by atoms with E-state index in [1.165, 1.54) is 13.2 Å². The Balaban J connectivity index is 2.11. The first-order valence-corrected chi connectivity index (χ1v) is 6.80. The highest BCUT2D eigenvalue weighted by Crippen LogP contribution is 2.33. The molecule has 5 nitrogen and oxygen atoms in total. The second-order valence-corrected chi connectivity index (χ2v) is 4.84. The number of halogens is 3. The van der Waals surface area contributed by atoms with Gasteiger partial charge in [-0.05, 0) is 24.3 Å². The zero-order valence-corrected chi connectivity index (χ0v) is 12.3. The number of benzene rings is 2. The Morgan fingerprint density at radius 1 is 1.12 bits per heavy atom. The number of fused-ring (bicyclic) bond motifs is 1. The Kier molecular flexibility index (Phi) is 3.88. The first-order chi connectivity index (χ1) is 11.4. The molecule has 0 bridgehead atoms. The molecule has 0 saturated heterocycles. The van der Waals surface area contributed by atoms with Gasteiger partial charge in [0.25, 0.3) is 5.56 Å². The van der Waals surface area contributed by atoms with Gasteiger partial charge in [-0.25, -0.2) is 4.98 Å². The average Bonchev–Trinajstić information content (AvgIpc) is 2.53. The number of ether oxygens (including phenoxy) is 2. The number of methoxy groups -OCH3 is 1. The number of alkyl halides is 3. The van der Waals surface area contributed by atoms with Gasteiger partial charge in [-0.15, -0.1) is 13.2 Å². The Bertz CT molecular complexity index is 951. The molecule has 3 aromatic rings. The Hall–Kier alpha value is -3.03. The van der Waals surface area contributed by atoms with E-state index < -0.39 is 12.1 Å². The van der Waals surface area contributed by atoms with Gasteiger partial charge in [-0.2, -0.15) is 0 Å². The van der Waals surface area contributed by atoms with Gasteiger partial charge in [-0.3, -0.25) is 4.79 Å². The molecule has 1 aromatic heterocycles. The molecule has 0 unspecified atom stereocenters. The molecule has 0 aliphatic heterocycles. The van der Waals surface area contributed by atoms with E-state index in [0.717, 1.165) is 12.1 Å². The molecule has 1 N–H and O–H groups in total. The maximum Gasteiger partial charge on any atom is 0.573 e. The minimum Gasteiger partial charge on any atom is -0.496 e. The third-order valence-corrected chi connectivity index (χ3v) is 3.27. The van der Waals surface area contributed by atoms with Crippen molar-refractivity contribution in [2.45, 2.75) is 6.36 Å². The van der Waals surface area contributed by atoms with Crippen molar-refractivity contribution in [2.75, 3.05) is 7.11 Å². The minimum atomic E-state index is -4.80. The lowest BCUT2D eigenvalue weighted by Gasteiger charge is -2.13. The highest BCUT2D eigenvalue weighted by Gasteiger charge is 2.31. The van der Waals surface area contributed by atoms with Crippen LogP contribution in [0.4, 0.5) is 13.2 Å². The third-order valence-electron chi connectivity index (χ3n) is 3.27. The van der Waals surface area contributed by atoms with E-state index in [4.69, 9.17) is 4.74 Å². The quantitative estimate of drug-likeness (QED) is 0.795. The minimum absolute atomic E-state index is 0.0928. The highest BCUT2D eigenvalue weighted by atomic mass is 19.4. The standard InChI is InChI=1S/C16H11F3N2O3/c1-23-13-8-9(24-16(17,18)19)6-7-11(13)14-20-12-5-3-2-4-10(12)15(22)21-14/h2-8H,1H3,(H,20,21,22). The Morgan fingerprint density at radius 3 is 2.58 bits per heavy atom. The lowest BCUT2D eigenvalue weighted by molar-refractivity contribution is -0.274. The maximum absolute atomic E-state index is 12.3. The molecule has 24 heavy (non-hydrogen) atoms. The molecule has 1 heterocycles. The van der Waals surface area contributed by atoms with Crippen molar-refractivity contribution in [2.24, 2.45) is 0 Å². The number of rotatable bonds is 3. The van der Waals surface area contributed by atoms with Crippen LogP contribution < -0.4 is 15.0 Å². The lowest BCUT2D eigenvalue weighted by atomic mass is 10.1. The molecule has 0 spiro atoms. The van der Waals surface area contributed by atoms with Gasteiger partial charge in [-0.1, -0.05) is 12.1 Å². The summed E-state index contributed by atoms with van der Waals surface area (Å²) in [5, 5.41) is 0.414. The summed E-state index contributed by atoms with van der Waals surface area (Å²) in [5.74, 6) is -0.143. The number of aromatic amines is 1. The number of H-pyrrole nitrogens is 1. The Morgan fingerprint density at radius 2 is 1.88 bits per heavy atom. The van der Waals surface area contributed by atoms with E-state index in [-0.39, 0.29) is 17.1 Å². The third kappa shape index (κ3) is 3.17. The maximum atomic E-state index is 12.3. The normalized spacial score (nSPS) is 11.5. The monoisotopic (exact) mass is 336 g/mol. The lowest BCUT2D eigenvalue weighted by Crippen LogP contribution is -2.17. The van der Waals surface area contributed by atoms with E-state index in [1.54, 1.807) is 24.3 Å². The summed E-state index contributed by atoms with van der Waals surface area (Å²) >= 11 is 0. The molecule has 0 aliphatic rings. The first-order valence-electron chi connectivity index (χ1n) is 6.80. The molecule has 0 fully saturated rings. The summed E-state index contributed by atoms with van der Waals surface area (Å²) in [6.45, 7) is 0. The van der Waals surface area contributed by atoms with E-state index in [2.05, 4.69) is 14.7 Å². The fourth-order valence-corrected chi connectivity index (χ4v) is 2.28. The predicted molar refractivity (Wildman–Crippen MR) is 81.0 cm³/mol. The number of aromatic nitrogens is 2. The first kappa shape index (κ1) is 15.9. The van der Waals surface area contributed by atoms with Gasteiger partial charge in [0.2, 0.25) is 0 Å². The van der Waals surface area contributed by atoms with Crippen molar-refractivity contribution in [3.63, 3.8) is 0 Å². The topological polar surface area (TPSA) is 64.2 Å². The summed E-state index contributed by atoms with van der Waals surface area (Å²) in [6, 6.07) is 10.3. The molecule has 3 rings (SSSR count). The van der Waals surface area contributed by atoms with E-state index >= 15 is 0 Å². The van der Waals surface area contributed by atoms with Crippen LogP contribution in [0.5, 0.6) is 11.5 Å². The van der Waals surface area contributed by atoms with E-state index in [9.17, 15) is 18.0 Å². The van der Waals surface area contributed by atoms with Gasteiger partial charge < -0.3 is 14.5 Å². The van der Waals surface area contributed by atoms with Crippen molar-refractivity contribution >= 4 is 10.9 Å². The van der Waals surface area contributed by atoms with E-state index in [0.29, 0.717) is 16.5 Å². The zero-order valence-electron chi connectivity index (χ0n) is 12.3. The van der Waals surface area contributed by atoms with E-state index in [1.807, 2.05) is 0 Å². The molecule has 2 aromatic carbocycles. The van der Waals surface area contributed by atoms with Crippen LogP contribution in [0.1, 0.15) is 0 Å². The van der Waals surface area contributed by atoms with Crippen LogP contribution in [0.2, 0.25) is 0 Å². The SMILES string of the molecule is COc1cc(OC(F)(F)F)ccc1-c1nc2ccccc2c(=O)[nH]1. The van der Waals surface area contributed by atoms with Gasteiger partial charge in [0.1, 0.15) is 17.3 Å². The van der Waals surface area contributed by atoms with Crippen molar-refractivity contribution < 1.29 is 22.6 Å². The van der Waals surface area contributed by atoms with Gasteiger partial charge >= 0.3 is 6.36 Å². The van der Waals surface area contributed by atoms with Gasteiger partial charge in [0.15, 0.2) is 0 Å². The smallest absolute Gasteiger partial charge is 0.496 e. The number of hydrogen-bond acceptors (Lipinski definition) is 4. The van der Waals surface area contributed by atoms with Crippen molar-refractivity contribution in [3.8, 4) is 22.9 Å². The molecule has 124 valence electrons. The largest absolute Gasteiger partial charge is 0.573 e. The number of nitrogens with zero attached hydrogens (tertiary/aromatic N) is 1. The van der Waals surface area contributed by atoms with Crippen LogP contribution in [0, 0.1) is 0 Å². The summed E-state index contributed by atoms with van der Waals surface area (Å²) < 4.78 is 45.9. The molecule has 8 heteroatoms. The summed E-state index contributed by atoms with van der Waals surface area (Å²) in [4.78, 5) is 19.0. The summed E-state index contributed by atoms with van der Waals surface area (Å²) in [6.07, 6.45) is -4.80. The van der Waals surface area contributed by atoms with Crippen LogP contribution in [0.3, 0.4) is 0 Å². The fourth-order valence-electron chi connectivity index (χ4n) is 2.28. The summed E-state index contributed by atoms with van der Waals surface area (Å²) in [7, 11) is 1.30. The number of para-hydroxylation sites is 1. The number of hydrogen-bond donors (Lipinski definition) is 1. The molecule has 0 aliphatic carbocycles. The highest BCUT2D eigenvalue weighted by molar-refractivity contribution is 5.80. The molecule has 0 saturated carbocycles. The van der Waals surface area contributed by atoms with Crippen LogP contribution in [0.15, 0.2) is 47.3 Å². The zero-order chi connectivity index (χ0) is 17.3. The van der Waals surface area contributed by atoms with Crippen molar-refractivity contribution in [1.29, 1.82) is 0 Å². The summed E-state index contributed by atoms with van der Waals surface area (Å²) in [5.41, 5.74) is 0.456. The average molecular weight is 336 g/mol. The van der Waals surface area contributed by atoms with Crippen LogP contribution in [-0.2, 0) is 0 Å². The molecular weight excluding hydrogens is 325 g/mol. The van der Waals surface area contributed by atoms with Gasteiger partial charge in [0.05, 0.1) is 23.6 Å². The van der Waals surface area contributed by atoms with Crippen molar-refractivity contribution in [3.05, 3.63) is 52.8 Å². The van der Waals surface area contributed by atoms with Crippen LogP contribution in [0.25, 0.3) is 22.3 Å². The Labute approximate surface area is 133 Å². The van der Waals surface area contributed by atoms with Crippen LogP contribution >= 0.6 is 0 Å². The van der Waals surface area contributed by atoms with Crippen molar-refractivity contribution in [1.82, 2.24) is 9.97 Å².